The molecular weight excluding hydrogens is 290 g/mol. The van der Waals surface area contributed by atoms with Crippen LogP contribution in [0.1, 0.15) is 53.4 Å². The van der Waals surface area contributed by atoms with Gasteiger partial charge in [0, 0.05) is 31.7 Å². The lowest BCUT2D eigenvalue weighted by molar-refractivity contribution is -0.121. The number of likely N-dealkylation sites (tertiary alicyclic amines) is 1. The summed E-state index contributed by atoms with van der Waals surface area (Å²) in [6.45, 7) is 11.5. The molecule has 1 heterocycles. The second-order valence-electron chi connectivity index (χ2n) is 7.24. The zero-order valence-electron chi connectivity index (χ0n) is 15.5. The average molecular weight is 326 g/mol. The molecule has 0 aromatic heterocycles. The minimum atomic E-state index is -0.209. The van der Waals surface area contributed by atoms with E-state index >= 15 is 0 Å². The Kier molecular flexibility index (Phi) is 8.37. The normalized spacial score (nSPS) is 20.2. The van der Waals surface area contributed by atoms with E-state index in [0.29, 0.717) is 5.96 Å². The molecule has 0 radical (unpaired) electrons. The van der Waals surface area contributed by atoms with Crippen molar-refractivity contribution in [1.29, 1.82) is 0 Å². The number of carbonyl (C=O) groups is 1. The zero-order valence-corrected chi connectivity index (χ0v) is 15.5. The molecule has 0 saturated carbocycles. The Balaban J connectivity index is 2.27. The highest BCUT2D eigenvalue weighted by Crippen LogP contribution is 2.18. The Morgan fingerprint density at radius 1 is 1.26 bits per heavy atom. The maximum absolute atomic E-state index is 11.8. The van der Waals surface area contributed by atoms with Crippen molar-refractivity contribution in [2.75, 3.05) is 33.2 Å². The van der Waals surface area contributed by atoms with Crippen LogP contribution in [0.25, 0.3) is 0 Å². The third kappa shape index (κ3) is 8.21. The van der Waals surface area contributed by atoms with Crippen molar-refractivity contribution in [3.05, 3.63) is 0 Å². The molecule has 23 heavy (non-hydrogen) atoms. The number of rotatable bonds is 6. The predicted molar refractivity (Wildman–Crippen MR) is 96.8 cm³/mol. The van der Waals surface area contributed by atoms with Gasteiger partial charge in [0.1, 0.15) is 0 Å². The van der Waals surface area contributed by atoms with E-state index in [4.69, 9.17) is 0 Å². The molecule has 1 aliphatic heterocycles. The summed E-state index contributed by atoms with van der Waals surface area (Å²) in [5.41, 5.74) is -0.209. The first-order chi connectivity index (χ1) is 10.9. The van der Waals surface area contributed by atoms with Crippen LogP contribution in [0.15, 0.2) is 4.99 Å². The highest BCUT2D eigenvalue weighted by Gasteiger charge is 2.20. The fraction of sp³-hybridized carbons (Fsp3) is 0.882. The lowest BCUT2D eigenvalue weighted by Gasteiger charge is -2.35. The molecular formula is C17H35N5O. The van der Waals surface area contributed by atoms with E-state index < -0.39 is 0 Å². The topological polar surface area (TPSA) is 68.8 Å². The molecule has 0 aromatic carbocycles. The van der Waals surface area contributed by atoms with Crippen LogP contribution >= 0.6 is 0 Å². The monoisotopic (exact) mass is 325 g/mol. The van der Waals surface area contributed by atoms with E-state index in [1.165, 1.54) is 32.2 Å². The molecule has 1 rings (SSSR count). The molecule has 3 N–H and O–H groups in total. The maximum atomic E-state index is 11.8. The van der Waals surface area contributed by atoms with E-state index in [-0.39, 0.29) is 18.0 Å². The summed E-state index contributed by atoms with van der Waals surface area (Å²) in [5.74, 6) is 0.654. The van der Waals surface area contributed by atoms with Gasteiger partial charge in [-0.15, -0.1) is 0 Å². The van der Waals surface area contributed by atoms with Crippen molar-refractivity contribution < 1.29 is 4.79 Å². The standard InChI is InChI=1S/C17H35N5O/c1-6-14-9-7-8-11-22(14)12-10-19-16(18-5)20-13-15(23)21-17(2,3)4/h14H,6-13H2,1-5H3,(H,21,23)(H2,18,19,20). The molecule has 0 spiro atoms. The van der Waals surface area contributed by atoms with Crippen LogP contribution in [0.4, 0.5) is 0 Å². The van der Waals surface area contributed by atoms with E-state index in [9.17, 15) is 4.79 Å². The van der Waals surface area contributed by atoms with Crippen LogP contribution in [0.5, 0.6) is 0 Å². The van der Waals surface area contributed by atoms with E-state index in [0.717, 1.165) is 19.1 Å². The van der Waals surface area contributed by atoms with Gasteiger partial charge in [0.15, 0.2) is 5.96 Å². The van der Waals surface area contributed by atoms with Crippen molar-refractivity contribution in [2.24, 2.45) is 4.99 Å². The van der Waals surface area contributed by atoms with Gasteiger partial charge in [-0.1, -0.05) is 13.3 Å². The summed E-state index contributed by atoms with van der Waals surface area (Å²) in [6, 6.07) is 0.720. The lowest BCUT2D eigenvalue weighted by atomic mass is 10.0. The minimum Gasteiger partial charge on any atom is -0.355 e. The SMILES string of the molecule is CCC1CCCCN1CCNC(=NC)NCC(=O)NC(C)(C)C. The number of hydrogen-bond donors (Lipinski definition) is 3. The van der Waals surface area contributed by atoms with Crippen molar-refractivity contribution >= 4 is 11.9 Å². The van der Waals surface area contributed by atoms with Gasteiger partial charge < -0.3 is 16.0 Å². The lowest BCUT2D eigenvalue weighted by Crippen LogP contribution is -2.49. The van der Waals surface area contributed by atoms with Crippen molar-refractivity contribution in [3.63, 3.8) is 0 Å². The van der Waals surface area contributed by atoms with Gasteiger partial charge >= 0.3 is 0 Å². The van der Waals surface area contributed by atoms with Crippen LogP contribution < -0.4 is 16.0 Å². The molecule has 1 atom stereocenters. The van der Waals surface area contributed by atoms with Crippen LogP contribution in [-0.4, -0.2) is 61.6 Å². The quantitative estimate of drug-likeness (QED) is 0.509. The van der Waals surface area contributed by atoms with E-state index in [1.807, 2.05) is 20.8 Å². The molecule has 0 aromatic rings. The van der Waals surface area contributed by atoms with Crippen LogP contribution in [0.3, 0.4) is 0 Å². The summed E-state index contributed by atoms with van der Waals surface area (Å²) in [6.07, 6.45) is 5.20. The van der Waals surface area contributed by atoms with Gasteiger partial charge in [-0.3, -0.25) is 14.7 Å². The van der Waals surface area contributed by atoms with Gasteiger partial charge in [-0.25, -0.2) is 0 Å². The fourth-order valence-corrected chi connectivity index (χ4v) is 2.98. The average Bonchev–Trinajstić information content (AvgIpc) is 2.49. The van der Waals surface area contributed by atoms with Crippen molar-refractivity contribution in [3.8, 4) is 0 Å². The zero-order chi connectivity index (χ0) is 17.3. The number of nitrogens with one attached hydrogen (secondary N) is 3. The molecule has 1 unspecified atom stereocenters. The van der Waals surface area contributed by atoms with Crippen LogP contribution in [0.2, 0.25) is 0 Å². The number of nitrogens with zero attached hydrogens (tertiary/aromatic N) is 2. The Labute approximate surface area is 141 Å². The van der Waals surface area contributed by atoms with Gasteiger partial charge in [0.2, 0.25) is 5.91 Å². The molecule has 0 aliphatic carbocycles. The highest BCUT2D eigenvalue weighted by molar-refractivity contribution is 5.86. The van der Waals surface area contributed by atoms with Gasteiger partial charge in [0.05, 0.1) is 6.54 Å². The molecule has 1 aliphatic rings. The summed E-state index contributed by atoms with van der Waals surface area (Å²) in [4.78, 5) is 18.6. The Morgan fingerprint density at radius 3 is 2.61 bits per heavy atom. The molecule has 6 nitrogen and oxygen atoms in total. The predicted octanol–water partition coefficient (Wildman–Crippen LogP) is 1.33. The maximum Gasteiger partial charge on any atom is 0.239 e. The number of piperidine rings is 1. The highest BCUT2D eigenvalue weighted by atomic mass is 16.2. The molecule has 6 heteroatoms. The fourth-order valence-electron chi connectivity index (χ4n) is 2.98. The summed E-state index contributed by atoms with van der Waals surface area (Å²) >= 11 is 0. The molecule has 1 fully saturated rings. The Morgan fingerprint density at radius 2 is 2.00 bits per heavy atom. The third-order valence-corrected chi connectivity index (χ3v) is 4.07. The molecule has 1 saturated heterocycles. The Bertz CT molecular complexity index is 389. The van der Waals surface area contributed by atoms with Crippen LogP contribution in [-0.2, 0) is 4.79 Å². The minimum absolute atomic E-state index is 0.0254. The molecule has 1 amide bonds. The van der Waals surface area contributed by atoms with Crippen molar-refractivity contribution in [2.45, 2.75) is 65.0 Å². The number of hydrogen-bond acceptors (Lipinski definition) is 3. The first-order valence-corrected chi connectivity index (χ1v) is 8.85. The smallest absolute Gasteiger partial charge is 0.239 e. The van der Waals surface area contributed by atoms with E-state index in [1.54, 1.807) is 7.05 Å². The number of amides is 1. The summed E-state index contributed by atoms with van der Waals surface area (Å²) in [5, 5.41) is 9.29. The first kappa shape index (κ1) is 19.7. The number of guanidine groups is 1. The number of aliphatic imine (C=N–C) groups is 1. The summed E-state index contributed by atoms with van der Waals surface area (Å²) in [7, 11) is 1.73. The molecule has 134 valence electrons. The third-order valence-electron chi connectivity index (χ3n) is 4.07. The second kappa shape index (κ2) is 9.75. The summed E-state index contributed by atoms with van der Waals surface area (Å²) < 4.78 is 0. The van der Waals surface area contributed by atoms with E-state index in [2.05, 4.69) is 32.8 Å². The van der Waals surface area contributed by atoms with Crippen LogP contribution in [0, 0.1) is 0 Å². The Hall–Kier alpha value is -1.30. The number of carbonyl (C=O) groups excluding carboxylic acids is 1. The van der Waals surface area contributed by atoms with Crippen molar-refractivity contribution in [1.82, 2.24) is 20.9 Å². The molecule has 0 bridgehead atoms. The van der Waals surface area contributed by atoms with Gasteiger partial charge in [0.25, 0.3) is 0 Å². The largest absolute Gasteiger partial charge is 0.355 e. The first-order valence-electron chi connectivity index (χ1n) is 8.85. The van der Waals surface area contributed by atoms with Gasteiger partial charge in [-0.2, -0.15) is 0 Å². The van der Waals surface area contributed by atoms with Gasteiger partial charge in [-0.05, 0) is 46.6 Å². The second-order valence-corrected chi connectivity index (χ2v) is 7.24.